The summed E-state index contributed by atoms with van der Waals surface area (Å²) in [5.41, 5.74) is 2.19. The summed E-state index contributed by atoms with van der Waals surface area (Å²) in [7, 11) is 0. The highest BCUT2D eigenvalue weighted by molar-refractivity contribution is 5.25. The van der Waals surface area contributed by atoms with Crippen LogP contribution in [0.4, 0.5) is 8.78 Å². The minimum atomic E-state index is -0.898. The first-order valence-electron chi connectivity index (χ1n) is 7.05. The highest BCUT2D eigenvalue weighted by Crippen LogP contribution is 2.17. The number of nitrogens with one attached hydrogen (secondary N) is 1. The fourth-order valence-corrected chi connectivity index (χ4v) is 1.90. The quantitative estimate of drug-likeness (QED) is 0.777. The van der Waals surface area contributed by atoms with Gasteiger partial charge in [-0.2, -0.15) is 0 Å². The fraction of sp³-hybridized carbons (Fsp3) is 0.294. The number of rotatable bonds is 7. The maximum Gasteiger partial charge on any atom is 0.162 e. The summed E-state index contributed by atoms with van der Waals surface area (Å²) in [6.07, 6.45) is 1.11. The minimum Gasteiger partial charge on any atom is -0.489 e. The number of hydrogen-bond donors (Lipinski definition) is 1. The average molecular weight is 291 g/mol. The molecule has 0 fully saturated rings. The van der Waals surface area contributed by atoms with Crippen LogP contribution in [0.2, 0.25) is 0 Å². The van der Waals surface area contributed by atoms with Crippen LogP contribution in [0.1, 0.15) is 24.5 Å². The summed E-state index contributed by atoms with van der Waals surface area (Å²) >= 11 is 0. The van der Waals surface area contributed by atoms with Crippen molar-refractivity contribution in [3.63, 3.8) is 0 Å². The van der Waals surface area contributed by atoms with Gasteiger partial charge in [0.25, 0.3) is 0 Å². The van der Waals surface area contributed by atoms with Gasteiger partial charge in [-0.1, -0.05) is 31.2 Å². The molecule has 2 rings (SSSR count). The second-order valence-electron chi connectivity index (χ2n) is 4.86. The van der Waals surface area contributed by atoms with Gasteiger partial charge in [-0.05, 0) is 36.2 Å². The lowest BCUT2D eigenvalue weighted by Crippen LogP contribution is -2.13. The monoisotopic (exact) mass is 291 g/mol. The van der Waals surface area contributed by atoms with Crippen molar-refractivity contribution in [3.8, 4) is 5.75 Å². The number of hydrogen-bond acceptors (Lipinski definition) is 2. The standard InChI is InChI=1S/C17H19F2NO/c1-2-9-20-11-13-3-5-14(6-4-13)12-21-15-7-8-16(18)17(19)10-15/h3-8,10,20H,2,9,11-12H2,1H3. The number of halogens is 2. The molecule has 0 bridgehead atoms. The zero-order chi connectivity index (χ0) is 15.1. The molecule has 0 heterocycles. The average Bonchev–Trinajstić information content (AvgIpc) is 2.50. The normalized spacial score (nSPS) is 10.6. The predicted molar refractivity (Wildman–Crippen MR) is 79.1 cm³/mol. The third-order valence-electron chi connectivity index (χ3n) is 3.08. The van der Waals surface area contributed by atoms with Gasteiger partial charge in [0.1, 0.15) is 12.4 Å². The van der Waals surface area contributed by atoms with E-state index in [2.05, 4.69) is 12.2 Å². The topological polar surface area (TPSA) is 21.3 Å². The van der Waals surface area contributed by atoms with Crippen LogP contribution < -0.4 is 10.1 Å². The summed E-state index contributed by atoms with van der Waals surface area (Å²) in [5.74, 6) is -1.45. The van der Waals surface area contributed by atoms with Gasteiger partial charge < -0.3 is 10.1 Å². The van der Waals surface area contributed by atoms with Crippen molar-refractivity contribution in [2.45, 2.75) is 26.5 Å². The SMILES string of the molecule is CCCNCc1ccc(COc2ccc(F)c(F)c2)cc1. The maximum atomic E-state index is 13.0. The first kappa shape index (κ1) is 15.4. The molecule has 0 aliphatic rings. The van der Waals surface area contributed by atoms with Crippen molar-refractivity contribution in [2.75, 3.05) is 6.54 Å². The zero-order valence-corrected chi connectivity index (χ0v) is 12.0. The molecule has 0 spiro atoms. The fourth-order valence-electron chi connectivity index (χ4n) is 1.90. The van der Waals surface area contributed by atoms with E-state index in [-0.39, 0.29) is 0 Å². The zero-order valence-electron chi connectivity index (χ0n) is 12.0. The molecule has 1 N–H and O–H groups in total. The number of ether oxygens (including phenoxy) is 1. The Hall–Kier alpha value is -1.94. The van der Waals surface area contributed by atoms with E-state index in [1.807, 2.05) is 24.3 Å². The van der Waals surface area contributed by atoms with Crippen LogP contribution >= 0.6 is 0 Å². The molecule has 4 heteroatoms. The molecule has 2 nitrogen and oxygen atoms in total. The van der Waals surface area contributed by atoms with Crippen LogP contribution in [0.15, 0.2) is 42.5 Å². The van der Waals surface area contributed by atoms with Crippen LogP contribution in [0, 0.1) is 11.6 Å². The Bertz CT molecular complexity index is 570. The summed E-state index contributed by atoms with van der Waals surface area (Å²) < 4.78 is 31.3. The van der Waals surface area contributed by atoms with Gasteiger partial charge in [0.2, 0.25) is 0 Å². The summed E-state index contributed by atoms with van der Waals surface area (Å²) in [6, 6.07) is 11.6. The summed E-state index contributed by atoms with van der Waals surface area (Å²) in [4.78, 5) is 0. The Morgan fingerprint density at radius 3 is 2.33 bits per heavy atom. The first-order chi connectivity index (χ1) is 10.2. The second-order valence-corrected chi connectivity index (χ2v) is 4.86. The van der Waals surface area contributed by atoms with Gasteiger partial charge in [-0.25, -0.2) is 8.78 Å². The van der Waals surface area contributed by atoms with Crippen LogP contribution in [-0.4, -0.2) is 6.54 Å². The first-order valence-corrected chi connectivity index (χ1v) is 7.05. The van der Waals surface area contributed by atoms with E-state index in [4.69, 9.17) is 4.74 Å². The van der Waals surface area contributed by atoms with Gasteiger partial charge >= 0.3 is 0 Å². The van der Waals surface area contributed by atoms with Crippen LogP contribution in [0.5, 0.6) is 5.75 Å². The predicted octanol–water partition coefficient (Wildman–Crippen LogP) is 4.04. The highest BCUT2D eigenvalue weighted by atomic mass is 19.2. The molecule has 112 valence electrons. The third kappa shape index (κ3) is 4.83. The molecule has 0 saturated carbocycles. The highest BCUT2D eigenvalue weighted by Gasteiger charge is 2.03. The molecule has 0 radical (unpaired) electrons. The van der Waals surface area contributed by atoms with E-state index in [0.717, 1.165) is 37.2 Å². The van der Waals surface area contributed by atoms with Crippen molar-refractivity contribution in [2.24, 2.45) is 0 Å². The van der Waals surface area contributed by atoms with Crippen molar-refractivity contribution in [1.29, 1.82) is 0 Å². The van der Waals surface area contributed by atoms with E-state index in [1.165, 1.54) is 11.6 Å². The molecule has 0 saturated heterocycles. The number of benzene rings is 2. The van der Waals surface area contributed by atoms with E-state index >= 15 is 0 Å². The smallest absolute Gasteiger partial charge is 0.162 e. The Labute approximate surface area is 123 Å². The largest absolute Gasteiger partial charge is 0.489 e. The van der Waals surface area contributed by atoms with Gasteiger partial charge in [0, 0.05) is 12.6 Å². The maximum absolute atomic E-state index is 13.0. The van der Waals surface area contributed by atoms with E-state index in [1.54, 1.807) is 0 Å². The lowest BCUT2D eigenvalue weighted by Gasteiger charge is -2.08. The minimum absolute atomic E-state index is 0.322. The Balaban J connectivity index is 1.86. The second kappa shape index (κ2) is 7.74. The lowest BCUT2D eigenvalue weighted by molar-refractivity contribution is 0.303. The van der Waals surface area contributed by atoms with Crippen LogP contribution in [0.3, 0.4) is 0 Å². The molecule has 2 aromatic carbocycles. The molecule has 0 amide bonds. The molecule has 0 unspecified atom stereocenters. The molecule has 0 aliphatic heterocycles. The van der Waals surface area contributed by atoms with E-state index < -0.39 is 11.6 Å². The van der Waals surface area contributed by atoms with E-state index in [0.29, 0.717) is 12.4 Å². The van der Waals surface area contributed by atoms with Crippen LogP contribution in [-0.2, 0) is 13.2 Å². The summed E-state index contributed by atoms with van der Waals surface area (Å²) in [5, 5.41) is 3.33. The molecule has 0 aromatic heterocycles. The van der Waals surface area contributed by atoms with Gasteiger partial charge in [-0.3, -0.25) is 0 Å². The Kier molecular flexibility index (Phi) is 5.69. The van der Waals surface area contributed by atoms with Gasteiger partial charge in [-0.15, -0.1) is 0 Å². The molecular weight excluding hydrogens is 272 g/mol. The Morgan fingerprint density at radius 1 is 0.952 bits per heavy atom. The summed E-state index contributed by atoms with van der Waals surface area (Å²) in [6.45, 7) is 4.30. The van der Waals surface area contributed by atoms with Crippen molar-refractivity contribution in [3.05, 3.63) is 65.2 Å². The molecule has 0 atom stereocenters. The van der Waals surface area contributed by atoms with Gasteiger partial charge in [0.15, 0.2) is 11.6 Å². The molecular formula is C17H19F2NO. The molecule has 0 aliphatic carbocycles. The van der Waals surface area contributed by atoms with Crippen molar-refractivity contribution < 1.29 is 13.5 Å². The molecule has 2 aromatic rings. The Morgan fingerprint density at radius 2 is 1.67 bits per heavy atom. The lowest BCUT2D eigenvalue weighted by atomic mass is 10.1. The molecule has 21 heavy (non-hydrogen) atoms. The van der Waals surface area contributed by atoms with Crippen molar-refractivity contribution >= 4 is 0 Å². The van der Waals surface area contributed by atoms with E-state index in [9.17, 15) is 8.78 Å². The van der Waals surface area contributed by atoms with Crippen LogP contribution in [0.25, 0.3) is 0 Å². The third-order valence-corrected chi connectivity index (χ3v) is 3.08. The van der Waals surface area contributed by atoms with Gasteiger partial charge in [0.05, 0.1) is 0 Å². The van der Waals surface area contributed by atoms with Crippen molar-refractivity contribution in [1.82, 2.24) is 5.32 Å².